The van der Waals surface area contributed by atoms with E-state index in [1.165, 1.54) is 5.56 Å². The number of nitrogens with one attached hydrogen (secondary N) is 1. The maximum atomic E-state index is 6.35. The van der Waals surface area contributed by atoms with E-state index >= 15 is 0 Å². The Morgan fingerprint density at radius 3 is 2.67 bits per heavy atom. The van der Waals surface area contributed by atoms with Crippen LogP contribution in [0.2, 0.25) is 5.02 Å². The largest absolute Gasteiger partial charge is 0.495 e. The third-order valence-electron chi connectivity index (χ3n) is 6.12. The molecule has 0 saturated carbocycles. The molecule has 0 bridgehead atoms. The molecule has 1 aliphatic rings. The highest BCUT2D eigenvalue weighted by Crippen LogP contribution is 2.42. The maximum Gasteiger partial charge on any atom is 0.170 e. The van der Waals surface area contributed by atoms with Crippen molar-refractivity contribution in [2.24, 2.45) is 0 Å². The average molecular weight is 485 g/mol. The van der Waals surface area contributed by atoms with E-state index < -0.39 is 0 Å². The first kappa shape index (κ1) is 23.5. The van der Waals surface area contributed by atoms with Crippen LogP contribution < -0.4 is 10.1 Å². The van der Waals surface area contributed by atoms with Crippen molar-refractivity contribution in [2.75, 3.05) is 27.4 Å². The molecule has 2 atom stereocenters. The minimum atomic E-state index is -0.0588. The summed E-state index contributed by atoms with van der Waals surface area (Å²) >= 11 is 12.1. The van der Waals surface area contributed by atoms with Gasteiger partial charge in [0.2, 0.25) is 0 Å². The van der Waals surface area contributed by atoms with Gasteiger partial charge in [0.25, 0.3) is 0 Å². The Balaban J connectivity index is 1.82. The lowest BCUT2D eigenvalue weighted by molar-refractivity contribution is 0.180. The van der Waals surface area contributed by atoms with Crippen LogP contribution in [-0.2, 0) is 4.74 Å². The van der Waals surface area contributed by atoms with E-state index in [9.17, 15) is 0 Å². The normalized spacial score (nSPS) is 18.0. The van der Waals surface area contributed by atoms with E-state index in [0.29, 0.717) is 11.6 Å². The zero-order chi connectivity index (χ0) is 23.5. The maximum absolute atomic E-state index is 6.35. The first-order valence-corrected chi connectivity index (χ1v) is 11.7. The Morgan fingerprint density at radius 1 is 1.15 bits per heavy atom. The van der Waals surface area contributed by atoms with E-state index in [4.69, 9.17) is 33.3 Å². The van der Waals surface area contributed by atoms with E-state index in [-0.39, 0.29) is 12.1 Å². The van der Waals surface area contributed by atoms with Gasteiger partial charge in [-0.15, -0.1) is 0 Å². The number of ether oxygens (including phenoxy) is 2. The van der Waals surface area contributed by atoms with Gasteiger partial charge < -0.3 is 24.3 Å². The number of nitrogens with zero attached hydrogens (tertiary/aromatic N) is 3. The molecule has 8 heteroatoms. The Morgan fingerprint density at radius 2 is 1.97 bits per heavy atom. The molecule has 0 aliphatic carbocycles. The highest BCUT2D eigenvalue weighted by molar-refractivity contribution is 7.80. The predicted octanol–water partition coefficient (Wildman–Crippen LogP) is 5.16. The second kappa shape index (κ2) is 10.1. The van der Waals surface area contributed by atoms with Crippen molar-refractivity contribution in [1.82, 2.24) is 19.8 Å². The Kier molecular flexibility index (Phi) is 7.22. The summed E-state index contributed by atoms with van der Waals surface area (Å²) < 4.78 is 13.1. The molecule has 1 aromatic carbocycles. The number of halogens is 1. The lowest BCUT2D eigenvalue weighted by atomic mass is 9.96. The molecule has 174 valence electrons. The molecule has 1 fully saturated rings. The average Bonchev–Trinajstić information content (AvgIpc) is 3.29. The van der Waals surface area contributed by atoms with Crippen LogP contribution in [0.5, 0.6) is 5.75 Å². The molecule has 0 amide bonds. The van der Waals surface area contributed by atoms with E-state index in [1.807, 2.05) is 42.6 Å². The summed E-state index contributed by atoms with van der Waals surface area (Å²) in [6, 6.07) is 13.8. The number of hydrogen-bond donors (Lipinski definition) is 1. The minimum Gasteiger partial charge on any atom is -0.495 e. The van der Waals surface area contributed by atoms with Crippen LogP contribution >= 0.6 is 23.8 Å². The molecule has 3 heterocycles. The van der Waals surface area contributed by atoms with Crippen LogP contribution in [0.15, 0.2) is 48.7 Å². The zero-order valence-corrected chi connectivity index (χ0v) is 20.9. The molecule has 1 saturated heterocycles. The van der Waals surface area contributed by atoms with Gasteiger partial charge in [0.15, 0.2) is 5.11 Å². The quantitative estimate of drug-likeness (QED) is 0.352. The van der Waals surface area contributed by atoms with Crippen LogP contribution in [0, 0.1) is 13.8 Å². The van der Waals surface area contributed by atoms with Crippen molar-refractivity contribution in [1.29, 1.82) is 0 Å². The molecule has 0 spiro atoms. The van der Waals surface area contributed by atoms with Crippen molar-refractivity contribution in [3.63, 3.8) is 0 Å². The lowest BCUT2D eigenvalue weighted by Gasteiger charge is -2.28. The van der Waals surface area contributed by atoms with E-state index in [2.05, 4.69) is 39.7 Å². The molecule has 4 rings (SSSR count). The molecule has 1 N–H and O–H groups in total. The fourth-order valence-corrected chi connectivity index (χ4v) is 5.16. The highest BCUT2D eigenvalue weighted by atomic mass is 35.5. The number of aromatic nitrogens is 2. The van der Waals surface area contributed by atoms with Gasteiger partial charge in [-0.2, -0.15) is 0 Å². The Bertz CT molecular complexity index is 1130. The molecule has 3 aromatic rings. The van der Waals surface area contributed by atoms with Gasteiger partial charge >= 0.3 is 0 Å². The zero-order valence-electron chi connectivity index (χ0n) is 19.3. The molecule has 6 nitrogen and oxygen atoms in total. The molecule has 2 aromatic heterocycles. The highest BCUT2D eigenvalue weighted by Gasteiger charge is 2.41. The van der Waals surface area contributed by atoms with E-state index in [0.717, 1.165) is 46.6 Å². The third-order valence-corrected chi connectivity index (χ3v) is 6.70. The van der Waals surface area contributed by atoms with Gasteiger partial charge in [-0.05, 0) is 74.4 Å². The van der Waals surface area contributed by atoms with Crippen LogP contribution in [0.3, 0.4) is 0 Å². The van der Waals surface area contributed by atoms with Crippen LogP contribution in [0.1, 0.15) is 41.1 Å². The van der Waals surface area contributed by atoms with Gasteiger partial charge in [-0.25, -0.2) is 0 Å². The van der Waals surface area contributed by atoms with Crippen molar-refractivity contribution in [2.45, 2.75) is 32.4 Å². The standard InChI is InChI=1S/C25H29ClN4O2S/c1-16-14-19(17(2)30(16)21-15-18(26)9-10-22(21)32-4)24-23(20-8-5-6-11-27-20)28-25(33)29(24)12-7-13-31-3/h5-6,8-11,14-15,23-24H,7,12-13H2,1-4H3,(H,28,33)/t23-,24-/m1/s1. The summed E-state index contributed by atoms with van der Waals surface area (Å²) in [6.45, 7) is 5.70. The van der Waals surface area contributed by atoms with E-state index in [1.54, 1.807) is 14.2 Å². The Hall–Kier alpha value is -2.61. The number of pyridine rings is 1. The number of methoxy groups -OCH3 is 2. The minimum absolute atomic E-state index is 0.00520. The van der Waals surface area contributed by atoms with Gasteiger partial charge in [0, 0.05) is 42.9 Å². The molecule has 33 heavy (non-hydrogen) atoms. The monoisotopic (exact) mass is 484 g/mol. The van der Waals surface area contributed by atoms with Gasteiger partial charge in [0.05, 0.1) is 30.6 Å². The topological polar surface area (TPSA) is 51.5 Å². The number of thiocarbonyl (C=S) groups is 1. The van der Waals surface area contributed by atoms with Crippen LogP contribution in [0.25, 0.3) is 5.69 Å². The van der Waals surface area contributed by atoms with Crippen molar-refractivity contribution >= 4 is 28.9 Å². The number of hydrogen-bond acceptors (Lipinski definition) is 4. The summed E-state index contributed by atoms with van der Waals surface area (Å²) in [6.07, 6.45) is 2.70. The Labute approximate surface area is 205 Å². The second-order valence-corrected chi connectivity index (χ2v) is 8.97. The number of rotatable bonds is 8. The fourth-order valence-electron chi connectivity index (χ4n) is 4.66. The van der Waals surface area contributed by atoms with Gasteiger partial charge in [0.1, 0.15) is 5.75 Å². The molecular formula is C25H29ClN4O2S. The van der Waals surface area contributed by atoms with Crippen molar-refractivity contribution < 1.29 is 9.47 Å². The first-order valence-electron chi connectivity index (χ1n) is 11.0. The lowest BCUT2D eigenvalue weighted by Crippen LogP contribution is -2.31. The molecular weight excluding hydrogens is 456 g/mol. The first-order chi connectivity index (χ1) is 16.0. The number of benzene rings is 1. The van der Waals surface area contributed by atoms with Gasteiger partial charge in [-0.1, -0.05) is 17.7 Å². The van der Waals surface area contributed by atoms with Gasteiger partial charge in [-0.3, -0.25) is 4.98 Å². The summed E-state index contributed by atoms with van der Waals surface area (Å²) in [5.41, 5.74) is 5.28. The second-order valence-electron chi connectivity index (χ2n) is 8.14. The summed E-state index contributed by atoms with van der Waals surface area (Å²) in [5.74, 6) is 0.769. The number of aryl methyl sites for hydroxylation is 1. The predicted molar refractivity (Wildman–Crippen MR) is 135 cm³/mol. The fraction of sp³-hybridized carbons (Fsp3) is 0.360. The van der Waals surface area contributed by atoms with Crippen molar-refractivity contribution in [3.05, 3.63) is 76.3 Å². The van der Waals surface area contributed by atoms with Crippen molar-refractivity contribution in [3.8, 4) is 11.4 Å². The summed E-state index contributed by atoms with van der Waals surface area (Å²) in [5, 5.41) is 4.92. The molecule has 0 radical (unpaired) electrons. The SMILES string of the molecule is COCCCN1C(=S)N[C@H](c2ccccn2)[C@H]1c1cc(C)n(-c2cc(Cl)ccc2OC)c1C. The third kappa shape index (κ3) is 4.58. The summed E-state index contributed by atoms with van der Waals surface area (Å²) in [7, 11) is 3.40. The molecule has 1 aliphatic heterocycles. The van der Waals surface area contributed by atoms with Crippen LogP contribution in [-0.4, -0.2) is 46.9 Å². The smallest absolute Gasteiger partial charge is 0.170 e. The van der Waals surface area contributed by atoms with Crippen LogP contribution in [0.4, 0.5) is 0 Å². The molecule has 0 unspecified atom stereocenters. The summed E-state index contributed by atoms with van der Waals surface area (Å²) in [4.78, 5) is 6.90.